The van der Waals surface area contributed by atoms with Crippen molar-refractivity contribution in [2.45, 2.75) is 46.6 Å². The molecule has 2 heterocycles. The predicted octanol–water partition coefficient (Wildman–Crippen LogP) is 5.56. The summed E-state index contributed by atoms with van der Waals surface area (Å²) >= 11 is 0. The minimum absolute atomic E-state index is 0.236. The fraction of sp³-hybridized carbons (Fsp3) is 0.308. The van der Waals surface area contributed by atoms with Crippen LogP contribution in [0.3, 0.4) is 0 Å². The zero-order chi connectivity index (χ0) is 23.4. The van der Waals surface area contributed by atoms with E-state index in [1.54, 1.807) is 19.2 Å². The number of halogens is 1. The molecule has 0 fully saturated rings. The minimum atomic E-state index is -1.23. The molecule has 0 bridgehead atoms. The van der Waals surface area contributed by atoms with Gasteiger partial charge >= 0.3 is 5.97 Å². The van der Waals surface area contributed by atoms with E-state index >= 15 is 0 Å². The monoisotopic (exact) mass is 437 g/mol. The number of benzene rings is 2. The van der Waals surface area contributed by atoms with Crippen LogP contribution in [-0.4, -0.2) is 22.8 Å². The molecule has 6 heteroatoms. The van der Waals surface area contributed by atoms with Gasteiger partial charge in [-0.25, -0.2) is 9.18 Å². The Balaban J connectivity index is 0.000000913. The first kappa shape index (κ1) is 23.3. The first-order valence-electron chi connectivity index (χ1n) is 10.8. The molecule has 1 aliphatic heterocycles. The van der Waals surface area contributed by atoms with Gasteiger partial charge in [-0.1, -0.05) is 39.3 Å². The lowest BCUT2D eigenvalue weighted by Crippen LogP contribution is -2.22. The second-order valence-electron chi connectivity index (χ2n) is 7.71. The van der Waals surface area contributed by atoms with E-state index in [4.69, 9.17) is 4.74 Å². The highest BCUT2D eigenvalue weighted by molar-refractivity contribution is 5.88. The van der Waals surface area contributed by atoms with Crippen molar-refractivity contribution in [3.8, 4) is 28.1 Å². The van der Waals surface area contributed by atoms with Crippen LogP contribution in [0.2, 0.25) is 0 Å². The highest BCUT2D eigenvalue weighted by atomic mass is 19.1. The van der Waals surface area contributed by atoms with Crippen LogP contribution in [0.5, 0.6) is 5.75 Å². The molecule has 1 aromatic heterocycles. The van der Waals surface area contributed by atoms with Crippen molar-refractivity contribution in [2.24, 2.45) is 0 Å². The number of aryl methyl sites for hydroxylation is 1. The number of aromatic carboxylic acids is 1. The standard InChI is InChI=1S/C23H20FNO4.C3H8/c1-3-15-16-8-9-25-12-19(23(27)28)21(26)11-20(25)18(16)10-17(22(15)29-2)13-4-6-14(24)7-5-13;1-3-2/h4-7,10-12H,3,8-9H2,1-2H3,(H,27,28);3H2,1-2H3. The normalized spacial score (nSPS) is 11.7. The summed E-state index contributed by atoms with van der Waals surface area (Å²) in [5.41, 5.74) is 4.56. The Morgan fingerprint density at radius 1 is 1.12 bits per heavy atom. The Hall–Kier alpha value is -3.41. The average Bonchev–Trinajstić information content (AvgIpc) is 2.78. The quantitative estimate of drug-likeness (QED) is 0.580. The summed E-state index contributed by atoms with van der Waals surface area (Å²) < 4.78 is 21.0. The van der Waals surface area contributed by atoms with Crippen molar-refractivity contribution in [3.05, 3.63) is 75.3 Å². The molecule has 5 nitrogen and oxygen atoms in total. The summed E-state index contributed by atoms with van der Waals surface area (Å²) in [4.78, 5) is 23.7. The lowest BCUT2D eigenvalue weighted by atomic mass is 9.86. The Morgan fingerprint density at radius 2 is 1.78 bits per heavy atom. The van der Waals surface area contributed by atoms with E-state index in [1.165, 1.54) is 30.8 Å². The van der Waals surface area contributed by atoms with Crippen molar-refractivity contribution in [2.75, 3.05) is 7.11 Å². The van der Waals surface area contributed by atoms with Crippen LogP contribution in [0.25, 0.3) is 22.4 Å². The molecule has 2 aromatic carbocycles. The summed E-state index contributed by atoms with van der Waals surface area (Å²) in [6.45, 7) is 6.87. The number of carboxylic acid groups (broad SMARTS) is 1. The highest BCUT2D eigenvalue weighted by Crippen LogP contribution is 2.43. The predicted molar refractivity (Wildman–Crippen MR) is 124 cm³/mol. The average molecular weight is 438 g/mol. The molecule has 0 radical (unpaired) electrons. The molecule has 1 N–H and O–H groups in total. The lowest BCUT2D eigenvalue weighted by Gasteiger charge is -2.27. The van der Waals surface area contributed by atoms with Gasteiger partial charge in [-0.3, -0.25) is 4.79 Å². The van der Waals surface area contributed by atoms with E-state index in [2.05, 4.69) is 13.8 Å². The van der Waals surface area contributed by atoms with Gasteiger partial charge in [0.05, 0.1) is 12.8 Å². The van der Waals surface area contributed by atoms with Crippen molar-refractivity contribution >= 4 is 5.97 Å². The maximum absolute atomic E-state index is 13.4. The first-order valence-corrected chi connectivity index (χ1v) is 10.8. The highest BCUT2D eigenvalue weighted by Gasteiger charge is 2.25. The Kier molecular flexibility index (Phi) is 7.13. The fourth-order valence-electron chi connectivity index (χ4n) is 4.11. The topological polar surface area (TPSA) is 68.5 Å². The van der Waals surface area contributed by atoms with E-state index in [0.717, 1.165) is 40.0 Å². The molecular formula is C26H28FNO4. The Labute approximate surface area is 187 Å². The van der Waals surface area contributed by atoms with Crippen molar-refractivity contribution in [3.63, 3.8) is 0 Å². The summed E-state index contributed by atoms with van der Waals surface area (Å²) in [5.74, 6) is -0.803. The molecule has 0 spiro atoms. The van der Waals surface area contributed by atoms with Gasteiger partial charge in [-0.05, 0) is 47.7 Å². The molecule has 0 saturated carbocycles. The SMILES string of the molecule is CCC.CCc1c2c(cc(-c3ccc(F)cc3)c1OC)-c1cc(=O)c(C(=O)O)cn1CC2. The molecule has 0 atom stereocenters. The number of pyridine rings is 1. The molecule has 32 heavy (non-hydrogen) atoms. The van der Waals surface area contributed by atoms with Crippen LogP contribution >= 0.6 is 0 Å². The molecular weight excluding hydrogens is 409 g/mol. The van der Waals surface area contributed by atoms with Crippen molar-refractivity contribution < 1.29 is 19.0 Å². The Morgan fingerprint density at radius 3 is 2.34 bits per heavy atom. The van der Waals surface area contributed by atoms with E-state index in [1.807, 2.05) is 17.6 Å². The van der Waals surface area contributed by atoms with Gasteiger partial charge in [0, 0.05) is 29.9 Å². The van der Waals surface area contributed by atoms with Crippen LogP contribution < -0.4 is 10.2 Å². The summed E-state index contributed by atoms with van der Waals surface area (Å²) in [6, 6.07) is 9.53. The number of nitrogens with zero attached hydrogens (tertiary/aromatic N) is 1. The van der Waals surface area contributed by atoms with Gasteiger partial charge in [0.1, 0.15) is 17.1 Å². The molecule has 0 saturated heterocycles. The molecule has 1 aliphatic rings. The van der Waals surface area contributed by atoms with Crippen LogP contribution in [0.1, 0.15) is 48.7 Å². The maximum atomic E-state index is 13.4. The number of hydrogen-bond donors (Lipinski definition) is 1. The summed E-state index contributed by atoms with van der Waals surface area (Å²) in [7, 11) is 1.62. The third kappa shape index (κ3) is 4.31. The fourth-order valence-corrected chi connectivity index (χ4v) is 4.11. The van der Waals surface area contributed by atoms with Crippen LogP contribution in [0.15, 0.2) is 47.4 Å². The number of aromatic nitrogens is 1. The van der Waals surface area contributed by atoms with Crippen LogP contribution in [0, 0.1) is 5.82 Å². The minimum Gasteiger partial charge on any atom is -0.496 e. The van der Waals surface area contributed by atoms with Crippen LogP contribution in [-0.2, 0) is 19.4 Å². The smallest absolute Gasteiger partial charge is 0.341 e. The zero-order valence-electron chi connectivity index (χ0n) is 18.9. The molecule has 0 amide bonds. The number of fused-ring (bicyclic) bond motifs is 3. The third-order valence-electron chi connectivity index (χ3n) is 5.45. The number of carbonyl (C=O) groups is 1. The Bertz CT molecular complexity index is 1200. The van der Waals surface area contributed by atoms with Crippen molar-refractivity contribution in [1.82, 2.24) is 4.57 Å². The third-order valence-corrected chi connectivity index (χ3v) is 5.45. The van der Waals surface area contributed by atoms with Gasteiger partial charge in [-0.2, -0.15) is 0 Å². The van der Waals surface area contributed by atoms with Gasteiger partial charge in [-0.15, -0.1) is 0 Å². The molecule has 0 aliphatic carbocycles. The largest absolute Gasteiger partial charge is 0.496 e. The first-order chi connectivity index (χ1) is 15.4. The number of methoxy groups -OCH3 is 1. The van der Waals surface area contributed by atoms with Gasteiger partial charge in [0.2, 0.25) is 0 Å². The van der Waals surface area contributed by atoms with Gasteiger partial charge in [0.25, 0.3) is 0 Å². The molecule has 4 rings (SSSR count). The van der Waals surface area contributed by atoms with Gasteiger partial charge in [0.15, 0.2) is 5.43 Å². The second-order valence-corrected chi connectivity index (χ2v) is 7.71. The van der Waals surface area contributed by atoms with E-state index in [-0.39, 0.29) is 11.4 Å². The number of hydrogen-bond acceptors (Lipinski definition) is 3. The molecule has 3 aromatic rings. The van der Waals surface area contributed by atoms with E-state index in [0.29, 0.717) is 18.7 Å². The van der Waals surface area contributed by atoms with Crippen molar-refractivity contribution in [1.29, 1.82) is 0 Å². The number of carboxylic acids is 1. The molecule has 168 valence electrons. The maximum Gasteiger partial charge on any atom is 0.341 e. The molecule has 0 unspecified atom stereocenters. The van der Waals surface area contributed by atoms with E-state index < -0.39 is 11.4 Å². The summed E-state index contributed by atoms with van der Waals surface area (Å²) in [5, 5.41) is 9.27. The van der Waals surface area contributed by atoms with E-state index in [9.17, 15) is 19.1 Å². The van der Waals surface area contributed by atoms with Crippen LogP contribution in [0.4, 0.5) is 4.39 Å². The number of rotatable bonds is 4. The lowest BCUT2D eigenvalue weighted by molar-refractivity contribution is 0.0694. The zero-order valence-corrected chi connectivity index (χ0v) is 18.9. The number of ether oxygens (including phenoxy) is 1. The summed E-state index contributed by atoms with van der Waals surface area (Å²) in [6.07, 6.45) is 4.10. The second kappa shape index (κ2) is 9.81. The van der Waals surface area contributed by atoms with Gasteiger partial charge < -0.3 is 14.4 Å².